The molecule has 0 fully saturated rings. The SMILES string of the molecule is CC(C)(C)OC(=O)NCCC(=O)NCCC(=O)NCCCNC(=O)c1ccc2oc3ccccc3c(=O)c2c1. The third kappa shape index (κ3) is 9.13. The van der Waals surface area contributed by atoms with Crippen LogP contribution in [0.15, 0.2) is 51.7 Å². The van der Waals surface area contributed by atoms with E-state index in [0.717, 1.165) is 0 Å². The van der Waals surface area contributed by atoms with Gasteiger partial charge in [-0.05, 0) is 57.5 Å². The Hall–Kier alpha value is -4.41. The standard InChI is InChI=1S/C28H34N4O7/c1-28(2,3)39-27(37)32-16-12-24(34)30-15-11-23(33)29-13-6-14-31-26(36)18-9-10-22-20(17-18)25(35)19-7-4-5-8-21(19)38-22/h4-5,7-10,17H,6,11-16H2,1-3H3,(H,29,33)(H,30,34)(H,31,36)(H,32,37). The van der Waals surface area contributed by atoms with Crippen molar-refractivity contribution in [3.8, 4) is 0 Å². The lowest BCUT2D eigenvalue weighted by Gasteiger charge is -2.19. The van der Waals surface area contributed by atoms with E-state index in [2.05, 4.69) is 21.3 Å². The summed E-state index contributed by atoms with van der Waals surface area (Å²) in [5.41, 5.74) is 0.429. The Morgan fingerprint density at radius 1 is 0.769 bits per heavy atom. The number of ether oxygens (including phenoxy) is 1. The molecule has 0 spiro atoms. The molecule has 0 radical (unpaired) electrons. The number of carbonyl (C=O) groups is 4. The quantitative estimate of drug-likeness (QED) is 0.216. The largest absolute Gasteiger partial charge is 0.456 e. The summed E-state index contributed by atoms with van der Waals surface area (Å²) in [4.78, 5) is 60.6. The molecular formula is C28H34N4O7. The van der Waals surface area contributed by atoms with Crippen molar-refractivity contribution in [2.24, 2.45) is 0 Å². The molecule has 3 rings (SSSR count). The number of nitrogens with one attached hydrogen (secondary N) is 4. The molecule has 0 unspecified atom stereocenters. The van der Waals surface area contributed by atoms with Crippen LogP contribution in [0.2, 0.25) is 0 Å². The van der Waals surface area contributed by atoms with Crippen molar-refractivity contribution in [2.45, 2.75) is 45.6 Å². The van der Waals surface area contributed by atoms with Crippen molar-refractivity contribution in [3.63, 3.8) is 0 Å². The second kappa shape index (κ2) is 13.4. The van der Waals surface area contributed by atoms with E-state index in [9.17, 15) is 24.0 Å². The van der Waals surface area contributed by atoms with Crippen LogP contribution in [0.3, 0.4) is 0 Å². The van der Waals surface area contributed by atoms with Crippen LogP contribution in [0.1, 0.15) is 50.4 Å². The number of alkyl carbamates (subject to hydrolysis) is 1. The predicted molar refractivity (Wildman–Crippen MR) is 146 cm³/mol. The molecule has 0 aliphatic heterocycles. The minimum atomic E-state index is -0.613. The first-order chi connectivity index (χ1) is 18.5. The molecule has 4 amide bonds. The number of hydrogen-bond donors (Lipinski definition) is 4. The third-order valence-electron chi connectivity index (χ3n) is 5.49. The Morgan fingerprint density at radius 3 is 2.10 bits per heavy atom. The topological polar surface area (TPSA) is 156 Å². The Balaban J connectivity index is 1.31. The van der Waals surface area contributed by atoms with Crippen molar-refractivity contribution < 1.29 is 28.3 Å². The van der Waals surface area contributed by atoms with Gasteiger partial charge in [-0.1, -0.05) is 12.1 Å². The second-order valence-electron chi connectivity index (χ2n) is 9.88. The molecule has 3 aromatic rings. The molecular weight excluding hydrogens is 504 g/mol. The molecule has 0 saturated heterocycles. The number of rotatable bonds is 11. The molecule has 0 atom stereocenters. The zero-order chi connectivity index (χ0) is 28.4. The second-order valence-corrected chi connectivity index (χ2v) is 9.88. The molecule has 208 valence electrons. The normalized spacial score (nSPS) is 11.2. The Morgan fingerprint density at radius 2 is 1.38 bits per heavy atom. The highest BCUT2D eigenvalue weighted by molar-refractivity contribution is 5.99. The van der Waals surface area contributed by atoms with Gasteiger partial charge in [-0.15, -0.1) is 0 Å². The number of benzene rings is 2. The molecule has 0 bridgehead atoms. The van der Waals surface area contributed by atoms with E-state index < -0.39 is 11.7 Å². The van der Waals surface area contributed by atoms with E-state index in [4.69, 9.17) is 9.15 Å². The molecule has 4 N–H and O–H groups in total. The van der Waals surface area contributed by atoms with Crippen molar-refractivity contribution in [2.75, 3.05) is 26.2 Å². The number of hydrogen-bond acceptors (Lipinski definition) is 7. The molecule has 0 saturated carbocycles. The Kier molecular flexibility index (Phi) is 10.0. The van der Waals surface area contributed by atoms with E-state index >= 15 is 0 Å². The fourth-order valence-corrected chi connectivity index (χ4v) is 3.65. The predicted octanol–water partition coefficient (Wildman–Crippen LogP) is 2.60. The lowest BCUT2D eigenvalue weighted by molar-refractivity contribution is -0.122. The smallest absolute Gasteiger partial charge is 0.407 e. The van der Waals surface area contributed by atoms with Gasteiger partial charge in [0.25, 0.3) is 5.91 Å². The van der Waals surface area contributed by atoms with Crippen molar-refractivity contribution in [3.05, 3.63) is 58.3 Å². The molecule has 11 heteroatoms. The van der Waals surface area contributed by atoms with Crippen LogP contribution in [0, 0.1) is 0 Å². The first-order valence-corrected chi connectivity index (χ1v) is 12.8. The number of fused-ring (bicyclic) bond motifs is 2. The van der Waals surface area contributed by atoms with E-state index in [0.29, 0.717) is 47.0 Å². The summed E-state index contributed by atoms with van der Waals surface area (Å²) in [7, 11) is 0. The summed E-state index contributed by atoms with van der Waals surface area (Å²) in [5, 5.41) is 11.4. The van der Waals surface area contributed by atoms with Gasteiger partial charge in [0, 0.05) is 44.6 Å². The van der Waals surface area contributed by atoms with Crippen molar-refractivity contribution in [1.29, 1.82) is 0 Å². The van der Waals surface area contributed by atoms with Gasteiger partial charge in [-0.2, -0.15) is 0 Å². The highest BCUT2D eigenvalue weighted by atomic mass is 16.6. The molecule has 0 aliphatic carbocycles. The third-order valence-corrected chi connectivity index (χ3v) is 5.49. The van der Waals surface area contributed by atoms with E-state index in [-0.39, 0.29) is 49.1 Å². The summed E-state index contributed by atoms with van der Waals surface area (Å²) < 4.78 is 10.8. The summed E-state index contributed by atoms with van der Waals surface area (Å²) in [6.07, 6.45) is 0.0792. The van der Waals surface area contributed by atoms with Gasteiger partial charge >= 0.3 is 6.09 Å². The van der Waals surface area contributed by atoms with Crippen molar-refractivity contribution in [1.82, 2.24) is 21.3 Å². The van der Waals surface area contributed by atoms with Gasteiger partial charge in [-0.3, -0.25) is 19.2 Å². The molecule has 1 aromatic heterocycles. The minimum Gasteiger partial charge on any atom is -0.456 e. The summed E-state index contributed by atoms with van der Waals surface area (Å²) in [6, 6.07) is 11.7. The van der Waals surface area contributed by atoms with Crippen LogP contribution in [0.4, 0.5) is 4.79 Å². The molecule has 0 aliphatic rings. The van der Waals surface area contributed by atoms with Crippen LogP contribution in [0.5, 0.6) is 0 Å². The summed E-state index contributed by atoms with van der Waals surface area (Å²) in [6.45, 7) is 6.20. The van der Waals surface area contributed by atoms with Crippen LogP contribution >= 0.6 is 0 Å². The first kappa shape index (κ1) is 29.2. The average Bonchev–Trinajstić information content (AvgIpc) is 2.87. The van der Waals surface area contributed by atoms with E-state index in [1.54, 1.807) is 57.2 Å². The maximum absolute atomic E-state index is 12.8. The number of amides is 4. The van der Waals surface area contributed by atoms with Gasteiger partial charge in [0.15, 0.2) is 0 Å². The zero-order valence-corrected chi connectivity index (χ0v) is 22.3. The van der Waals surface area contributed by atoms with Crippen molar-refractivity contribution >= 4 is 45.8 Å². The lowest BCUT2D eigenvalue weighted by atomic mass is 10.1. The van der Waals surface area contributed by atoms with Gasteiger partial charge in [-0.25, -0.2) is 4.79 Å². The van der Waals surface area contributed by atoms with Crippen LogP contribution in [-0.2, 0) is 14.3 Å². The van der Waals surface area contributed by atoms with E-state index in [1.807, 2.05) is 0 Å². The monoisotopic (exact) mass is 538 g/mol. The summed E-state index contributed by atoms with van der Waals surface area (Å²) >= 11 is 0. The van der Waals surface area contributed by atoms with Gasteiger partial charge in [0.2, 0.25) is 17.2 Å². The molecule has 11 nitrogen and oxygen atoms in total. The zero-order valence-electron chi connectivity index (χ0n) is 22.3. The average molecular weight is 539 g/mol. The van der Waals surface area contributed by atoms with Gasteiger partial charge in [0.1, 0.15) is 16.8 Å². The highest BCUT2D eigenvalue weighted by Crippen LogP contribution is 2.19. The Labute approximate surface area is 225 Å². The minimum absolute atomic E-state index is 0.0687. The fourth-order valence-electron chi connectivity index (χ4n) is 3.65. The summed E-state index contributed by atoms with van der Waals surface area (Å²) in [5.74, 6) is -0.858. The van der Waals surface area contributed by atoms with Gasteiger partial charge in [0.05, 0.1) is 10.8 Å². The fraction of sp³-hybridized carbons (Fsp3) is 0.393. The maximum Gasteiger partial charge on any atom is 0.407 e. The molecule has 39 heavy (non-hydrogen) atoms. The van der Waals surface area contributed by atoms with Gasteiger partial charge < -0.3 is 30.4 Å². The molecule has 1 heterocycles. The van der Waals surface area contributed by atoms with E-state index in [1.165, 1.54) is 6.07 Å². The highest BCUT2D eigenvalue weighted by Gasteiger charge is 2.16. The number of carbonyl (C=O) groups excluding carboxylic acids is 4. The lowest BCUT2D eigenvalue weighted by Crippen LogP contribution is -2.36. The maximum atomic E-state index is 12.8. The molecule has 2 aromatic carbocycles. The van der Waals surface area contributed by atoms with Crippen LogP contribution < -0.4 is 26.7 Å². The Bertz CT molecular complexity index is 1410. The number of para-hydroxylation sites is 1. The first-order valence-electron chi connectivity index (χ1n) is 12.8. The van der Waals surface area contributed by atoms with Crippen LogP contribution in [0.25, 0.3) is 21.9 Å². The van der Waals surface area contributed by atoms with Crippen LogP contribution in [-0.4, -0.2) is 55.6 Å².